The number of carbonyl (C=O) groups excluding carboxylic acids is 1. The summed E-state index contributed by atoms with van der Waals surface area (Å²) >= 11 is 3.60. The van der Waals surface area contributed by atoms with Crippen molar-refractivity contribution in [1.29, 1.82) is 0 Å². The fraction of sp³-hybridized carbons (Fsp3) is 0.154. The first kappa shape index (κ1) is 15.2. The Morgan fingerprint density at radius 1 is 1.40 bits per heavy atom. The van der Waals surface area contributed by atoms with Gasteiger partial charge in [-0.3, -0.25) is 4.79 Å². The van der Waals surface area contributed by atoms with E-state index in [1.54, 1.807) is 29.6 Å². The van der Waals surface area contributed by atoms with Crippen LogP contribution in [0.4, 0.5) is 8.78 Å². The van der Waals surface area contributed by atoms with Gasteiger partial charge in [0.05, 0.1) is 8.45 Å². The van der Waals surface area contributed by atoms with E-state index in [9.17, 15) is 13.6 Å². The van der Waals surface area contributed by atoms with Gasteiger partial charge in [0.1, 0.15) is 5.75 Å². The van der Waals surface area contributed by atoms with Gasteiger partial charge < -0.3 is 10.1 Å². The first-order valence-electron chi connectivity index (χ1n) is 5.61. The molecule has 0 fully saturated rings. The van der Waals surface area contributed by atoms with Gasteiger partial charge >= 0.3 is 6.61 Å². The highest BCUT2D eigenvalue weighted by Crippen LogP contribution is 2.20. The predicted octanol–water partition coefficient (Wildman–Crippen LogP) is 3.88. The summed E-state index contributed by atoms with van der Waals surface area (Å²) < 4.78 is 29.9. The maximum Gasteiger partial charge on any atom is 0.387 e. The van der Waals surface area contributed by atoms with E-state index >= 15 is 0 Å². The number of para-hydroxylation sites is 1. The monoisotopic (exact) mass is 409 g/mol. The van der Waals surface area contributed by atoms with Crippen LogP contribution in [-0.4, -0.2) is 12.5 Å². The minimum Gasteiger partial charge on any atom is -0.434 e. The number of carbonyl (C=O) groups is 1. The van der Waals surface area contributed by atoms with Crippen LogP contribution in [0.5, 0.6) is 5.75 Å². The number of hydrogen-bond donors (Lipinski definition) is 1. The Morgan fingerprint density at radius 3 is 2.80 bits per heavy atom. The Labute approximate surface area is 132 Å². The molecular weight excluding hydrogens is 399 g/mol. The number of hydrogen-bond acceptors (Lipinski definition) is 3. The van der Waals surface area contributed by atoms with Gasteiger partial charge in [0.2, 0.25) is 0 Å². The van der Waals surface area contributed by atoms with Crippen molar-refractivity contribution < 1.29 is 18.3 Å². The number of amides is 1. The predicted molar refractivity (Wildman–Crippen MR) is 81.3 cm³/mol. The number of rotatable bonds is 5. The molecule has 0 saturated carbocycles. The third-order valence-electron chi connectivity index (χ3n) is 2.46. The third kappa shape index (κ3) is 4.14. The molecule has 20 heavy (non-hydrogen) atoms. The largest absolute Gasteiger partial charge is 0.434 e. The van der Waals surface area contributed by atoms with E-state index in [-0.39, 0.29) is 18.2 Å². The van der Waals surface area contributed by atoms with Crippen molar-refractivity contribution in [2.75, 3.05) is 0 Å². The highest BCUT2D eigenvalue weighted by Gasteiger charge is 2.11. The lowest BCUT2D eigenvalue weighted by atomic mass is 10.2. The summed E-state index contributed by atoms with van der Waals surface area (Å²) in [5, 5.41) is 4.43. The molecule has 7 heteroatoms. The van der Waals surface area contributed by atoms with E-state index in [0.29, 0.717) is 11.1 Å². The summed E-state index contributed by atoms with van der Waals surface area (Å²) in [6.07, 6.45) is 0. The van der Waals surface area contributed by atoms with Gasteiger partial charge in [-0.1, -0.05) is 18.2 Å². The van der Waals surface area contributed by atoms with E-state index in [1.165, 1.54) is 17.4 Å². The molecule has 0 radical (unpaired) electrons. The van der Waals surface area contributed by atoms with Crippen molar-refractivity contribution >= 4 is 39.8 Å². The second-order valence-corrected chi connectivity index (χ2v) is 6.61. The number of nitrogens with one attached hydrogen (secondary N) is 1. The summed E-state index contributed by atoms with van der Waals surface area (Å²) in [5.74, 6) is -0.168. The number of halogens is 3. The van der Waals surface area contributed by atoms with Crippen LogP contribution in [0.3, 0.4) is 0 Å². The van der Waals surface area contributed by atoms with Crippen LogP contribution in [0, 0.1) is 2.88 Å². The van der Waals surface area contributed by atoms with Gasteiger partial charge in [-0.2, -0.15) is 8.78 Å². The number of benzene rings is 1. The Morgan fingerprint density at radius 2 is 2.15 bits per heavy atom. The smallest absolute Gasteiger partial charge is 0.387 e. The van der Waals surface area contributed by atoms with Crippen LogP contribution in [0.15, 0.2) is 35.7 Å². The van der Waals surface area contributed by atoms with Gasteiger partial charge in [-0.05, 0) is 34.7 Å². The van der Waals surface area contributed by atoms with Crippen LogP contribution < -0.4 is 10.1 Å². The van der Waals surface area contributed by atoms with Crippen LogP contribution in [0.25, 0.3) is 0 Å². The molecule has 0 aliphatic carbocycles. The Kier molecular flexibility index (Phi) is 5.30. The summed E-state index contributed by atoms with van der Waals surface area (Å²) in [6, 6.07) is 8.15. The molecule has 106 valence electrons. The molecule has 3 nitrogen and oxygen atoms in total. The van der Waals surface area contributed by atoms with E-state index in [2.05, 4.69) is 32.6 Å². The van der Waals surface area contributed by atoms with Crippen LogP contribution in [0.1, 0.15) is 15.9 Å². The lowest BCUT2D eigenvalue weighted by molar-refractivity contribution is -0.0504. The topological polar surface area (TPSA) is 38.3 Å². The average Bonchev–Trinajstić information content (AvgIpc) is 2.83. The zero-order valence-electron chi connectivity index (χ0n) is 10.1. The molecule has 0 bridgehead atoms. The number of alkyl halides is 2. The van der Waals surface area contributed by atoms with Crippen molar-refractivity contribution in [3.8, 4) is 5.75 Å². The van der Waals surface area contributed by atoms with Gasteiger partial charge in [-0.15, -0.1) is 11.3 Å². The molecule has 1 amide bonds. The van der Waals surface area contributed by atoms with Gasteiger partial charge in [0, 0.05) is 17.5 Å². The minimum atomic E-state index is -2.88. The molecule has 0 atom stereocenters. The summed E-state index contributed by atoms with van der Waals surface area (Å²) in [7, 11) is 0. The van der Waals surface area contributed by atoms with E-state index in [1.807, 2.05) is 0 Å². The fourth-order valence-corrected chi connectivity index (χ4v) is 2.89. The summed E-state index contributed by atoms with van der Waals surface area (Å²) in [6.45, 7) is -2.75. The minimum absolute atomic E-state index is 0.0719. The lowest BCUT2D eigenvalue weighted by Crippen LogP contribution is -2.22. The first-order chi connectivity index (χ1) is 9.56. The quantitative estimate of drug-likeness (QED) is 0.762. The normalized spacial score (nSPS) is 10.6. The van der Waals surface area contributed by atoms with E-state index in [4.69, 9.17) is 0 Å². The van der Waals surface area contributed by atoms with Crippen molar-refractivity contribution in [1.82, 2.24) is 5.32 Å². The van der Waals surface area contributed by atoms with E-state index in [0.717, 1.165) is 2.88 Å². The van der Waals surface area contributed by atoms with Crippen molar-refractivity contribution in [2.45, 2.75) is 13.2 Å². The summed E-state index contributed by atoms with van der Waals surface area (Å²) in [4.78, 5) is 11.9. The van der Waals surface area contributed by atoms with Crippen LogP contribution in [-0.2, 0) is 6.54 Å². The molecule has 1 N–H and O–H groups in total. The third-order valence-corrected chi connectivity index (χ3v) is 4.25. The van der Waals surface area contributed by atoms with Crippen LogP contribution >= 0.6 is 33.9 Å². The summed E-state index contributed by atoms with van der Waals surface area (Å²) in [5.41, 5.74) is 1.07. The molecule has 1 aromatic carbocycles. The van der Waals surface area contributed by atoms with Gasteiger partial charge in [0.15, 0.2) is 0 Å². The first-order valence-corrected chi connectivity index (χ1v) is 7.57. The van der Waals surface area contributed by atoms with Crippen molar-refractivity contribution in [3.05, 3.63) is 49.7 Å². The Balaban J connectivity index is 2.02. The highest BCUT2D eigenvalue weighted by atomic mass is 127. The van der Waals surface area contributed by atoms with Gasteiger partial charge in [-0.25, -0.2) is 0 Å². The Hall–Kier alpha value is -1.22. The molecule has 0 spiro atoms. The van der Waals surface area contributed by atoms with Gasteiger partial charge in [0.25, 0.3) is 5.91 Å². The lowest BCUT2D eigenvalue weighted by Gasteiger charge is -2.11. The molecule has 0 saturated heterocycles. The molecule has 2 rings (SSSR count). The van der Waals surface area contributed by atoms with E-state index < -0.39 is 6.61 Å². The molecular formula is C13H10F2INO2S. The molecule has 0 unspecified atom stereocenters. The fourth-order valence-electron chi connectivity index (χ4n) is 1.57. The zero-order valence-corrected chi connectivity index (χ0v) is 13.1. The van der Waals surface area contributed by atoms with Crippen molar-refractivity contribution in [2.24, 2.45) is 0 Å². The highest BCUT2D eigenvalue weighted by molar-refractivity contribution is 14.1. The second kappa shape index (κ2) is 6.98. The zero-order chi connectivity index (χ0) is 14.5. The molecule has 2 aromatic rings. The number of ether oxygens (including phenoxy) is 1. The van der Waals surface area contributed by atoms with Crippen molar-refractivity contribution in [3.63, 3.8) is 0 Å². The maximum absolute atomic E-state index is 12.3. The Bertz CT molecular complexity index is 604. The molecule has 1 aromatic heterocycles. The molecule has 1 heterocycles. The standard InChI is InChI=1S/C13H10F2INO2S/c14-13(15)19-10-4-2-1-3-8(10)6-17-12(18)9-5-11(16)20-7-9/h1-5,7,13H,6H2,(H,17,18). The SMILES string of the molecule is O=C(NCc1ccccc1OC(F)F)c1csc(I)c1. The molecule has 0 aliphatic rings. The van der Waals surface area contributed by atoms with Crippen LogP contribution in [0.2, 0.25) is 0 Å². The second-order valence-electron chi connectivity index (χ2n) is 3.81. The molecule has 0 aliphatic heterocycles. The number of thiophene rings is 1. The average molecular weight is 409 g/mol. The maximum atomic E-state index is 12.3.